The van der Waals surface area contributed by atoms with E-state index in [1.54, 1.807) is 10.9 Å². The summed E-state index contributed by atoms with van der Waals surface area (Å²) in [5.74, 6) is -1.26. The van der Waals surface area contributed by atoms with Gasteiger partial charge >= 0.3 is 5.97 Å². The summed E-state index contributed by atoms with van der Waals surface area (Å²) in [6.07, 6.45) is 1.48. The summed E-state index contributed by atoms with van der Waals surface area (Å²) in [5, 5.41) is 9.28. The summed E-state index contributed by atoms with van der Waals surface area (Å²) in [5.41, 5.74) is 1.74. The number of rotatable bonds is 5. The summed E-state index contributed by atoms with van der Waals surface area (Å²) in [7, 11) is 1.26. The molecule has 0 saturated carbocycles. The van der Waals surface area contributed by atoms with E-state index in [9.17, 15) is 14.4 Å². The summed E-state index contributed by atoms with van der Waals surface area (Å²) in [6.45, 7) is 0.621. The molecular weight excluding hydrogens is 404 g/mol. The van der Waals surface area contributed by atoms with Crippen molar-refractivity contribution in [3.05, 3.63) is 59.6 Å². The Morgan fingerprint density at radius 3 is 2.73 bits per heavy atom. The molecule has 0 spiro atoms. The average Bonchev–Trinajstić information content (AvgIpc) is 3.45. The van der Waals surface area contributed by atoms with Gasteiger partial charge in [-0.05, 0) is 23.6 Å². The number of hydrogen-bond donors (Lipinski definition) is 1. The van der Waals surface area contributed by atoms with Crippen LogP contribution in [0.5, 0.6) is 0 Å². The number of esters is 1. The number of piperazine rings is 1. The van der Waals surface area contributed by atoms with Crippen molar-refractivity contribution in [1.29, 1.82) is 0 Å². The third kappa shape index (κ3) is 3.84. The number of hydrogen-bond acceptors (Lipinski definition) is 6. The molecular formula is C21H20N4O4S. The smallest absolute Gasteiger partial charge is 0.308 e. The molecule has 1 saturated heterocycles. The fourth-order valence-corrected chi connectivity index (χ4v) is 4.12. The Labute approximate surface area is 177 Å². The summed E-state index contributed by atoms with van der Waals surface area (Å²) in [4.78, 5) is 40.0. The second-order valence-corrected chi connectivity index (χ2v) is 7.68. The van der Waals surface area contributed by atoms with Gasteiger partial charge in [-0.3, -0.25) is 14.4 Å². The lowest BCUT2D eigenvalue weighted by molar-refractivity contribution is -0.145. The van der Waals surface area contributed by atoms with Crippen LogP contribution in [0.3, 0.4) is 0 Å². The van der Waals surface area contributed by atoms with E-state index in [2.05, 4.69) is 10.4 Å². The van der Waals surface area contributed by atoms with Gasteiger partial charge in [0.25, 0.3) is 5.91 Å². The lowest BCUT2D eigenvalue weighted by Crippen LogP contribution is -2.57. The first-order chi connectivity index (χ1) is 14.6. The van der Waals surface area contributed by atoms with Gasteiger partial charge in [0.05, 0.1) is 29.7 Å². The quantitative estimate of drug-likeness (QED) is 0.633. The third-order valence-corrected chi connectivity index (χ3v) is 5.78. The van der Waals surface area contributed by atoms with Gasteiger partial charge in [-0.2, -0.15) is 5.10 Å². The summed E-state index contributed by atoms with van der Waals surface area (Å²) in [6, 6.07) is 12.4. The van der Waals surface area contributed by atoms with Gasteiger partial charge < -0.3 is 15.0 Å². The largest absolute Gasteiger partial charge is 0.469 e. The number of carbonyl (C=O) groups is 3. The van der Waals surface area contributed by atoms with Gasteiger partial charge in [-0.15, -0.1) is 11.3 Å². The lowest BCUT2D eigenvalue weighted by Gasteiger charge is -2.34. The molecule has 1 atom stereocenters. The topological polar surface area (TPSA) is 93.5 Å². The Morgan fingerprint density at radius 2 is 2.03 bits per heavy atom. The van der Waals surface area contributed by atoms with E-state index in [0.29, 0.717) is 24.3 Å². The summed E-state index contributed by atoms with van der Waals surface area (Å²) >= 11 is 1.48. The van der Waals surface area contributed by atoms with Gasteiger partial charge in [0.15, 0.2) is 0 Å². The predicted molar refractivity (Wildman–Crippen MR) is 111 cm³/mol. The number of amides is 2. The lowest BCUT2D eigenvalue weighted by atomic mass is 10.1. The standard InChI is InChI=1S/C21H20N4O4S/c1-29-18(26)12-16-20(27)22-9-10-24(16)21(28)15-13-25(14-6-3-2-4-7-14)23-19(15)17-8-5-11-30-17/h2-8,11,13,16H,9-10,12H2,1H3,(H,22,27). The van der Waals surface area contributed by atoms with Crippen molar-refractivity contribution in [1.82, 2.24) is 20.0 Å². The molecule has 0 radical (unpaired) electrons. The Balaban J connectivity index is 1.74. The van der Waals surface area contributed by atoms with E-state index in [1.165, 1.54) is 23.3 Å². The summed E-state index contributed by atoms with van der Waals surface area (Å²) < 4.78 is 6.36. The fraction of sp³-hybridized carbons (Fsp3) is 0.238. The van der Waals surface area contributed by atoms with Crippen molar-refractivity contribution in [2.45, 2.75) is 12.5 Å². The zero-order valence-corrected chi connectivity index (χ0v) is 17.1. The van der Waals surface area contributed by atoms with Crippen molar-refractivity contribution >= 4 is 29.1 Å². The van der Waals surface area contributed by atoms with Crippen molar-refractivity contribution < 1.29 is 19.1 Å². The van der Waals surface area contributed by atoms with Crippen LogP contribution in [0.1, 0.15) is 16.8 Å². The van der Waals surface area contributed by atoms with Gasteiger partial charge in [0.2, 0.25) is 5.91 Å². The van der Waals surface area contributed by atoms with E-state index in [0.717, 1.165) is 10.6 Å². The maximum absolute atomic E-state index is 13.5. The normalized spacial score (nSPS) is 16.2. The minimum Gasteiger partial charge on any atom is -0.469 e. The molecule has 30 heavy (non-hydrogen) atoms. The molecule has 1 N–H and O–H groups in total. The molecule has 1 fully saturated rings. The number of carbonyl (C=O) groups excluding carboxylic acids is 3. The molecule has 3 heterocycles. The van der Waals surface area contributed by atoms with Gasteiger partial charge in [-0.25, -0.2) is 4.68 Å². The van der Waals surface area contributed by atoms with Crippen molar-refractivity contribution in [3.63, 3.8) is 0 Å². The highest BCUT2D eigenvalue weighted by Gasteiger charge is 2.37. The Kier molecular flexibility index (Phi) is 5.62. The Bertz CT molecular complexity index is 1060. The molecule has 8 nitrogen and oxygen atoms in total. The van der Waals surface area contributed by atoms with E-state index >= 15 is 0 Å². The maximum Gasteiger partial charge on any atom is 0.308 e. The fourth-order valence-electron chi connectivity index (χ4n) is 3.40. The maximum atomic E-state index is 13.5. The minimum atomic E-state index is -0.921. The SMILES string of the molecule is COC(=O)CC1C(=O)NCCN1C(=O)c1cn(-c2ccccc2)nc1-c1cccs1. The van der Waals surface area contributed by atoms with Gasteiger partial charge in [0, 0.05) is 19.3 Å². The molecule has 1 aliphatic heterocycles. The van der Waals surface area contributed by atoms with Crippen LogP contribution in [0.2, 0.25) is 0 Å². The minimum absolute atomic E-state index is 0.199. The molecule has 1 unspecified atom stereocenters. The molecule has 9 heteroatoms. The number of aromatic nitrogens is 2. The second-order valence-electron chi connectivity index (χ2n) is 6.73. The molecule has 4 rings (SSSR count). The van der Waals surface area contributed by atoms with Crippen LogP contribution < -0.4 is 5.32 Å². The average molecular weight is 424 g/mol. The number of methoxy groups -OCH3 is 1. The molecule has 2 amide bonds. The molecule has 1 aromatic carbocycles. The van der Waals surface area contributed by atoms with Crippen LogP contribution in [-0.2, 0) is 14.3 Å². The second kappa shape index (κ2) is 8.50. The zero-order valence-electron chi connectivity index (χ0n) is 16.3. The number of ether oxygens (including phenoxy) is 1. The third-order valence-electron chi connectivity index (χ3n) is 4.90. The van der Waals surface area contributed by atoms with Gasteiger partial charge in [-0.1, -0.05) is 24.3 Å². The zero-order chi connectivity index (χ0) is 21.1. The highest BCUT2D eigenvalue weighted by atomic mass is 32.1. The highest BCUT2D eigenvalue weighted by Crippen LogP contribution is 2.29. The van der Waals surface area contributed by atoms with Crippen molar-refractivity contribution in [2.75, 3.05) is 20.2 Å². The van der Waals surface area contributed by atoms with Crippen molar-refractivity contribution in [3.8, 4) is 16.3 Å². The number of benzene rings is 1. The molecule has 3 aromatic rings. The molecule has 1 aliphatic rings. The van der Waals surface area contributed by atoms with E-state index in [-0.39, 0.29) is 18.2 Å². The Morgan fingerprint density at radius 1 is 1.23 bits per heavy atom. The first kappa shape index (κ1) is 19.8. The van der Waals surface area contributed by atoms with E-state index in [1.807, 2.05) is 47.8 Å². The van der Waals surface area contributed by atoms with Crippen LogP contribution in [-0.4, -0.2) is 58.7 Å². The van der Waals surface area contributed by atoms with Crippen LogP contribution >= 0.6 is 11.3 Å². The molecule has 0 aliphatic carbocycles. The van der Waals surface area contributed by atoms with E-state index in [4.69, 9.17) is 4.74 Å². The Hall–Kier alpha value is -3.46. The molecule has 0 bridgehead atoms. The first-order valence-electron chi connectivity index (χ1n) is 9.43. The van der Waals surface area contributed by atoms with Crippen molar-refractivity contribution in [2.24, 2.45) is 0 Å². The number of nitrogens with one attached hydrogen (secondary N) is 1. The highest BCUT2D eigenvalue weighted by molar-refractivity contribution is 7.13. The first-order valence-corrected chi connectivity index (χ1v) is 10.3. The van der Waals surface area contributed by atoms with E-state index < -0.39 is 12.0 Å². The number of nitrogens with zero attached hydrogens (tertiary/aromatic N) is 3. The van der Waals surface area contributed by atoms with Crippen LogP contribution in [0.15, 0.2) is 54.0 Å². The van der Waals surface area contributed by atoms with Crippen LogP contribution in [0.25, 0.3) is 16.3 Å². The molecule has 154 valence electrons. The van der Waals surface area contributed by atoms with Crippen LogP contribution in [0.4, 0.5) is 0 Å². The molecule has 2 aromatic heterocycles. The predicted octanol–water partition coefficient (Wildman–Crippen LogP) is 2.10. The monoisotopic (exact) mass is 424 g/mol. The number of thiophene rings is 1. The number of para-hydroxylation sites is 1. The van der Waals surface area contributed by atoms with Crippen LogP contribution in [0, 0.1) is 0 Å². The van der Waals surface area contributed by atoms with Gasteiger partial charge in [0.1, 0.15) is 11.7 Å².